The molecule has 8 aromatic carbocycles. The van der Waals surface area contributed by atoms with Gasteiger partial charge in [-0.05, 0) is 40.8 Å². The topological polar surface area (TPSA) is 64.5 Å². The average Bonchev–Trinajstić information content (AvgIpc) is 3.71. The van der Waals surface area contributed by atoms with Gasteiger partial charge in [-0.2, -0.15) is 0 Å². The molecule has 0 radical (unpaired) electrons. The molecule has 0 aliphatic carbocycles. The highest BCUT2D eigenvalue weighted by Crippen LogP contribution is 2.42. The number of nitrogens with zero attached hydrogens (tertiary/aromatic N) is 5. The summed E-state index contributed by atoms with van der Waals surface area (Å²) in [7, 11) is 0. The number of thiophene rings is 1. The number of fused-ring (bicyclic) bond motifs is 5. The quantitative estimate of drug-likeness (QED) is 0.161. The molecule has 59 heavy (non-hydrogen) atoms. The van der Waals surface area contributed by atoms with Crippen LogP contribution < -0.4 is 0 Å². The second-order valence-corrected chi connectivity index (χ2v) is 15.5. The van der Waals surface area contributed by atoms with Crippen LogP contribution >= 0.6 is 11.3 Å². The van der Waals surface area contributed by atoms with Gasteiger partial charge in [-0.3, -0.25) is 0 Å². The van der Waals surface area contributed by atoms with Gasteiger partial charge in [0.1, 0.15) is 0 Å². The first kappa shape index (κ1) is 34.6. The van der Waals surface area contributed by atoms with Gasteiger partial charge in [0.05, 0.1) is 11.4 Å². The Morgan fingerprint density at radius 3 is 1.53 bits per heavy atom. The van der Waals surface area contributed by atoms with E-state index in [-0.39, 0.29) is 0 Å². The van der Waals surface area contributed by atoms with Gasteiger partial charge < -0.3 is 0 Å². The summed E-state index contributed by atoms with van der Waals surface area (Å²) in [6.45, 7) is 0. The average molecular weight is 772 g/mol. The predicted molar refractivity (Wildman–Crippen MR) is 244 cm³/mol. The summed E-state index contributed by atoms with van der Waals surface area (Å²) in [5.74, 6) is 2.58. The second-order valence-electron chi connectivity index (χ2n) is 14.5. The first-order valence-electron chi connectivity index (χ1n) is 19.6. The Morgan fingerprint density at radius 2 is 0.814 bits per heavy atom. The lowest BCUT2D eigenvalue weighted by Gasteiger charge is -2.12. The predicted octanol–water partition coefficient (Wildman–Crippen LogP) is 13.9. The number of hydrogen-bond acceptors (Lipinski definition) is 6. The molecule has 0 bridgehead atoms. The van der Waals surface area contributed by atoms with Crippen LogP contribution in [0.4, 0.5) is 0 Å². The second kappa shape index (κ2) is 14.7. The van der Waals surface area contributed by atoms with Gasteiger partial charge in [-0.15, -0.1) is 11.3 Å². The Labute approximate surface area is 345 Å². The number of rotatable bonds is 7. The number of aromatic nitrogens is 5. The summed E-state index contributed by atoms with van der Waals surface area (Å²) in [5.41, 5.74) is 9.67. The highest BCUT2D eigenvalue weighted by atomic mass is 32.1. The van der Waals surface area contributed by atoms with Crippen molar-refractivity contribution in [3.63, 3.8) is 0 Å². The molecule has 0 amide bonds. The molecule has 0 fully saturated rings. The Bertz CT molecular complexity index is 3270. The van der Waals surface area contributed by atoms with E-state index in [4.69, 9.17) is 24.9 Å². The first-order chi connectivity index (χ1) is 29.2. The van der Waals surface area contributed by atoms with Crippen LogP contribution in [-0.4, -0.2) is 24.9 Å². The summed E-state index contributed by atoms with van der Waals surface area (Å²) in [5, 5.41) is 4.82. The zero-order valence-electron chi connectivity index (χ0n) is 31.7. The van der Waals surface area contributed by atoms with E-state index in [1.807, 2.05) is 65.9 Å². The first-order valence-corrected chi connectivity index (χ1v) is 20.4. The molecular formula is C53H33N5S. The lowest BCUT2D eigenvalue weighted by Crippen LogP contribution is -2.00. The third-order valence-corrected chi connectivity index (χ3v) is 11.9. The number of benzene rings is 8. The van der Waals surface area contributed by atoms with E-state index in [1.165, 1.54) is 20.2 Å². The minimum atomic E-state index is 0.614. The van der Waals surface area contributed by atoms with Crippen molar-refractivity contribution in [2.24, 2.45) is 0 Å². The summed E-state index contributed by atoms with van der Waals surface area (Å²) in [6.07, 6.45) is 0. The lowest BCUT2D eigenvalue weighted by molar-refractivity contribution is 1.08. The van der Waals surface area contributed by atoms with Crippen molar-refractivity contribution in [3.05, 3.63) is 200 Å². The Hall–Kier alpha value is -7.67. The molecular weight excluding hydrogens is 739 g/mol. The van der Waals surface area contributed by atoms with Gasteiger partial charge in [0.25, 0.3) is 0 Å². The zero-order chi connectivity index (χ0) is 39.1. The van der Waals surface area contributed by atoms with Crippen molar-refractivity contribution in [3.8, 4) is 79.2 Å². The van der Waals surface area contributed by atoms with Crippen LogP contribution in [0.5, 0.6) is 0 Å². The van der Waals surface area contributed by atoms with Gasteiger partial charge in [0.15, 0.2) is 23.3 Å². The highest BCUT2D eigenvalue weighted by molar-refractivity contribution is 7.26. The van der Waals surface area contributed by atoms with E-state index in [0.29, 0.717) is 23.3 Å². The van der Waals surface area contributed by atoms with Crippen molar-refractivity contribution >= 4 is 42.3 Å². The standard InChI is InChI=1S/C53H33N5S/c1-4-15-34(16-5-1)45-33-46(55-50(54-45)36-17-6-2-7-18-36)40-24-12-22-38(31-40)39-23-13-25-41(32-39)52-56-51(37-19-8-3-9-20-37)57-53(58-52)44-27-14-21-35-29-30-43-42-26-10-11-28-47(42)59-49(43)48(35)44/h1-33H. The molecule has 276 valence electrons. The fourth-order valence-corrected chi connectivity index (χ4v) is 9.12. The smallest absolute Gasteiger partial charge is 0.164 e. The molecule has 5 nitrogen and oxygen atoms in total. The molecule has 0 spiro atoms. The SMILES string of the molecule is c1ccc(-c2cc(-c3cccc(-c4cccc(-c5nc(-c6ccccc6)nc(-c6cccc7ccc8c9ccccc9sc8c67)n5)c4)c3)nc(-c3ccccc3)n2)cc1. The van der Waals surface area contributed by atoms with Crippen LogP contribution in [0.2, 0.25) is 0 Å². The van der Waals surface area contributed by atoms with Crippen LogP contribution in [0.25, 0.3) is 110 Å². The van der Waals surface area contributed by atoms with E-state index in [1.54, 1.807) is 0 Å². The van der Waals surface area contributed by atoms with Gasteiger partial charge in [0, 0.05) is 58.9 Å². The summed E-state index contributed by atoms with van der Waals surface area (Å²) < 4.78 is 2.50. The van der Waals surface area contributed by atoms with E-state index in [9.17, 15) is 0 Å². The maximum Gasteiger partial charge on any atom is 0.164 e. The molecule has 6 heteroatoms. The molecule has 3 aromatic heterocycles. The van der Waals surface area contributed by atoms with E-state index in [2.05, 4.69) is 146 Å². The van der Waals surface area contributed by atoms with Crippen molar-refractivity contribution in [2.45, 2.75) is 0 Å². The fourth-order valence-electron chi connectivity index (χ4n) is 7.84. The third kappa shape index (κ3) is 6.52. The maximum atomic E-state index is 5.25. The Kier molecular flexibility index (Phi) is 8.60. The molecule has 0 aliphatic heterocycles. The van der Waals surface area contributed by atoms with E-state index in [0.717, 1.165) is 66.7 Å². The van der Waals surface area contributed by atoms with E-state index < -0.39 is 0 Å². The minimum absolute atomic E-state index is 0.614. The van der Waals surface area contributed by atoms with Crippen LogP contribution in [0, 0.1) is 0 Å². The van der Waals surface area contributed by atoms with Crippen LogP contribution in [0.15, 0.2) is 200 Å². The highest BCUT2D eigenvalue weighted by Gasteiger charge is 2.18. The largest absolute Gasteiger partial charge is 0.228 e. The van der Waals surface area contributed by atoms with Crippen LogP contribution in [-0.2, 0) is 0 Å². The summed E-state index contributed by atoms with van der Waals surface area (Å²) in [4.78, 5) is 25.6. The third-order valence-electron chi connectivity index (χ3n) is 10.7. The van der Waals surface area contributed by atoms with Gasteiger partial charge in [-0.1, -0.05) is 176 Å². The van der Waals surface area contributed by atoms with Crippen molar-refractivity contribution in [1.82, 2.24) is 24.9 Å². The monoisotopic (exact) mass is 771 g/mol. The molecule has 0 N–H and O–H groups in total. The van der Waals surface area contributed by atoms with Crippen molar-refractivity contribution in [1.29, 1.82) is 0 Å². The molecule has 11 aromatic rings. The molecule has 0 saturated carbocycles. The molecule has 0 unspecified atom stereocenters. The number of hydrogen-bond donors (Lipinski definition) is 0. The molecule has 11 rings (SSSR count). The minimum Gasteiger partial charge on any atom is -0.228 e. The normalized spacial score (nSPS) is 11.4. The van der Waals surface area contributed by atoms with Gasteiger partial charge >= 0.3 is 0 Å². The fraction of sp³-hybridized carbons (Fsp3) is 0. The van der Waals surface area contributed by atoms with Crippen LogP contribution in [0.1, 0.15) is 0 Å². The molecule has 3 heterocycles. The Balaban J connectivity index is 1.04. The summed E-state index contributed by atoms with van der Waals surface area (Å²) >= 11 is 1.82. The van der Waals surface area contributed by atoms with Crippen LogP contribution in [0.3, 0.4) is 0 Å². The zero-order valence-corrected chi connectivity index (χ0v) is 32.5. The van der Waals surface area contributed by atoms with E-state index >= 15 is 0 Å². The van der Waals surface area contributed by atoms with Crippen molar-refractivity contribution in [2.75, 3.05) is 0 Å². The molecule has 0 saturated heterocycles. The van der Waals surface area contributed by atoms with Gasteiger partial charge in [-0.25, -0.2) is 24.9 Å². The maximum absolute atomic E-state index is 5.25. The van der Waals surface area contributed by atoms with Gasteiger partial charge in [0.2, 0.25) is 0 Å². The molecule has 0 atom stereocenters. The summed E-state index contributed by atoms with van der Waals surface area (Å²) in [6, 6.07) is 69.2. The Morgan fingerprint density at radius 1 is 0.305 bits per heavy atom. The lowest BCUT2D eigenvalue weighted by atomic mass is 9.99. The van der Waals surface area contributed by atoms with Crippen molar-refractivity contribution < 1.29 is 0 Å². The molecule has 0 aliphatic rings.